The molecule has 0 aliphatic carbocycles. The third-order valence-corrected chi connectivity index (χ3v) is 12.3. The molecule has 352 valence electrons. The molecule has 4 aromatic heterocycles. The second-order valence-electron chi connectivity index (χ2n) is 17.3. The maximum atomic E-state index is 12.8. The van der Waals surface area contributed by atoms with Crippen LogP contribution in [-0.4, -0.2) is 102 Å². The second-order valence-corrected chi connectivity index (χ2v) is 17.3. The normalized spacial score (nSPS) is 16.7. The van der Waals surface area contributed by atoms with Crippen LogP contribution in [0.3, 0.4) is 0 Å². The fourth-order valence-electron chi connectivity index (χ4n) is 8.87. The van der Waals surface area contributed by atoms with Crippen molar-refractivity contribution in [3.8, 4) is 33.6 Å². The van der Waals surface area contributed by atoms with E-state index >= 15 is 0 Å². The number of aliphatic hydroxyl groups excluding tert-OH is 1. The summed E-state index contributed by atoms with van der Waals surface area (Å²) in [5.74, 6) is 0. The van der Waals surface area contributed by atoms with E-state index in [9.17, 15) is 41.0 Å². The minimum Gasteiger partial charge on any atom is -0.390 e. The molecule has 2 fully saturated rings. The van der Waals surface area contributed by atoms with Gasteiger partial charge in [-0.3, -0.25) is 33.0 Å². The van der Waals surface area contributed by atoms with Crippen molar-refractivity contribution >= 4 is 21.8 Å². The van der Waals surface area contributed by atoms with E-state index in [0.717, 1.165) is 78.7 Å². The monoisotopic (exact) mass is 936 g/mol. The molecule has 18 heteroatoms. The number of hydrogen-bond acceptors (Lipinski definition) is 8. The molecule has 3 atom stereocenters. The molecule has 2 unspecified atom stereocenters. The van der Waals surface area contributed by atoms with Crippen LogP contribution < -0.4 is 11.1 Å². The smallest absolute Gasteiger partial charge is 0.390 e. The van der Waals surface area contributed by atoms with Crippen LogP contribution in [-0.2, 0) is 30.2 Å². The Kier molecular flexibility index (Phi) is 12.7. The van der Waals surface area contributed by atoms with Crippen molar-refractivity contribution in [2.45, 2.75) is 50.1 Å². The molecule has 0 spiro atoms. The number of morpholine rings is 1. The SMILES string of the molecule is CN(C)C[C@H](O)Cn1ncc2cc(-n3ccc(-c4ccc(C(F)(F)F)cc4)cc3=O)ccc21.O=c1cc(-c2ccc(C(F)(F)F)cc2)ccn1-c1ccc2c(cnn2CCN2CC3CC2CO3)c1. The van der Waals surface area contributed by atoms with Crippen molar-refractivity contribution in [2.24, 2.45) is 0 Å². The van der Waals surface area contributed by atoms with Crippen LogP contribution in [0.15, 0.2) is 144 Å². The highest BCUT2D eigenvalue weighted by atomic mass is 19.4. The number of alkyl halides is 6. The Morgan fingerprint density at radius 2 is 1.16 bits per heavy atom. The summed E-state index contributed by atoms with van der Waals surface area (Å²) in [5, 5.41) is 20.8. The number of halogens is 6. The number of pyridine rings is 2. The van der Waals surface area contributed by atoms with Gasteiger partial charge in [0.15, 0.2) is 0 Å². The van der Waals surface area contributed by atoms with Gasteiger partial charge >= 0.3 is 12.4 Å². The second kappa shape index (κ2) is 18.7. The number of nitrogens with zero attached hydrogens (tertiary/aromatic N) is 8. The van der Waals surface area contributed by atoms with Crippen LogP contribution >= 0.6 is 0 Å². The van der Waals surface area contributed by atoms with Gasteiger partial charge in [0, 0.05) is 72.3 Å². The fraction of sp³-hybridized carbons (Fsp3) is 0.280. The summed E-state index contributed by atoms with van der Waals surface area (Å²) in [5.41, 5.74) is 3.35. The summed E-state index contributed by atoms with van der Waals surface area (Å²) in [4.78, 5) is 30.0. The van der Waals surface area contributed by atoms with Crippen LogP contribution in [0.1, 0.15) is 17.5 Å². The number of hydrogen-bond donors (Lipinski definition) is 1. The highest BCUT2D eigenvalue weighted by Gasteiger charge is 2.38. The summed E-state index contributed by atoms with van der Waals surface area (Å²) >= 11 is 0. The zero-order valence-electron chi connectivity index (χ0n) is 36.9. The Morgan fingerprint density at radius 3 is 1.60 bits per heavy atom. The zero-order chi connectivity index (χ0) is 47.9. The molecule has 1 N–H and O–H groups in total. The summed E-state index contributed by atoms with van der Waals surface area (Å²) in [6.45, 7) is 4.38. The largest absolute Gasteiger partial charge is 0.416 e. The van der Waals surface area contributed by atoms with Gasteiger partial charge in [-0.1, -0.05) is 24.3 Å². The standard InChI is InChI=1S/C26H23F3N4O2.C24H23F3N4O2/c27-26(28,29)20-3-1-17(2-4-20)18-7-8-32(25(34)12-18)21-5-6-24-19(11-21)14-30-33(24)10-9-31-15-23-13-22(31)16-35-23;1-29(2)14-21(32)15-31-22-8-7-20(11-18(22)13-28-31)30-10-9-17(12-23(30)33)16-3-5-19(6-4-16)24(25,26)27/h1-8,11-12,14,22-23H,9-10,13,15-16H2;3-13,21,32H,14-15H2,1-2H3/t;21-/m.0/s1. The van der Waals surface area contributed by atoms with E-state index in [4.69, 9.17) is 4.74 Å². The summed E-state index contributed by atoms with van der Waals surface area (Å²) < 4.78 is 89.2. The summed E-state index contributed by atoms with van der Waals surface area (Å²) in [7, 11) is 3.77. The first-order valence-electron chi connectivity index (χ1n) is 21.9. The van der Waals surface area contributed by atoms with Gasteiger partial charge < -0.3 is 14.7 Å². The number of aliphatic hydroxyl groups is 1. The topological polar surface area (TPSA) is 116 Å². The molecule has 0 amide bonds. The third kappa shape index (κ3) is 10.0. The first kappa shape index (κ1) is 46.3. The van der Waals surface area contributed by atoms with Crippen LogP contribution in [0.5, 0.6) is 0 Å². The quantitative estimate of drug-likeness (QED) is 0.129. The van der Waals surface area contributed by atoms with Gasteiger partial charge in [0.1, 0.15) is 0 Å². The van der Waals surface area contributed by atoms with E-state index in [1.807, 2.05) is 54.0 Å². The van der Waals surface area contributed by atoms with Crippen molar-refractivity contribution < 1.29 is 36.2 Å². The van der Waals surface area contributed by atoms with Gasteiger partial charge in [-0.05, 0) is 116 Å². The lowest BCUT2D eigenvalue weighted by Crippen LogP contribution is -2.38. The maximum Gasteiger partial charge on any atom is 0.416 e. The van der Waals surface area contributed by atoms with Crippen molar-refractivity contribution in [2.75, 3.05) is 40.3 Å². The molecule has 2 bridgehead atoms. The number of likely N-dealkylation sites (tertiary alicyclic amines) is 1. The Hall–Kier alpha value is -6.86. The molecule has 0 radical (unpaired) electrons. The predicted octanol–water partition coefficient (Wildman–Crippen LogP) is 8.14. The van der Waals surface area contributed by atoms with E-state index in [1.54, 1.807) is 47.7 Å². The van der Waals surface area contributed by atoms with Crippen LogP contribution in [0, 0.1) is 0 Å². The predicted molar refractivity (Wildman–Crippen MR) is 246 cm³/mol. The number of rotatable bonds is 11. The third-order valence-electron chi connectivity index (χ3n) is 12.3. The highest BCUT2D eigenvalue weighted by molar-refractivity contribution is 5.82. The first-order chi connectivity index (χ1) is 32.5. The lowest BCUT2D eigenvalue weighted by Gasteiger charge is -2.26. The average molecular weight is 937 g/mol. The Morgan fingerprint density at radius 1 is 0.662 bits per heavy atom. The van der Waals surface area contributed by atoms with Gasteiger partial charge in [0.25, 0.3) is 11.1 Å². The number of likely N-dealkylation sites (N-methyl/N-ethyl adjacent to an activating group) is 1. The van der Waals surface area contributed by atoms with Crippen LogP contribution in [0.25, 0.3) is 55.4 Å². The lowest BCUT2D eigenvalue weighted by molar-refractivity contribution is -0.138. The van der Waals surface area contributed by atoms with Crippen molar-refractivity contribution in [1.29, 1.82) is 0 Å². The van der Waals surface area contributed by atoms with Crippen molar-refractivity contribution in [3.63, 3.8) is 0 Å². The fourth-order valence-corrected chi connectivity index (χ4v) is 8.87. The van der Waals surface area contributed by atoms with E-state index in [0.29, 0.717) is 58.9 Å². The van der Waals surface area contributed by atoms with E-state index in [-0.39, 0.29) is 11.1 Å². The van der Waals surface area contributed by atoms with Gasteiger partial charge in [0.2, 0.25) is 0 Å². The van der Waals surface area contributed by atoms with E-state index in [2.05, 4.69) is 15.1 Å². The lowest BCUT2D eigenvalue weighted by atomic mass is 10.0. The first-order valence-corrected chi connectivity index (χ1v) is 21.9. The molecule has 2 saturated heterocycles. The van der Waals surface area contributed by atoms with Crippen LogP contribution in [0.2, 0.25) is 0 Å². The maximum absolute atomic E-state index is 12.8. The summed E-state index contributed by atoms with van der Waals surface area (Å²) in [6, 6.07) is 27.5. The molecular weight excluding hydrogens is 891 g/mol. The molecule has 4 aromatic carbocycles. The number of ether oxygens (including phenoxy) is 1. The molecule has 10 rings (SSSR count). The van der Waals surface area contributed by atoms with Gasteiger partial charge in [-0.15, -0.1) is 0 Å². The van der Waals surface area contributed by atoms with E-state index in [1.165, 1.54) is 45.5 Å². The number of fused-ring (bicyclic) bond motifs is 4. The van der Waals surface area contributed by atoms with Crippen molar-refractivity contribution in [3.05, 3.63) is 166 Å². The molecule has 8 aromatic rings. The number of benzene rings is 4. The zero-order valence-corrected chi connectivity index (χ0v) is 36.9. The molecule has 12 nitrogen and oxygen atoms in total. The van der Waals surface area contributed by atoms with E-state index < -0.39 is 29.6 Å². The minimum absolute atomic E-state index is 0.263. The Labute approximate surface area is 385 Å². The Balaban J connectivity index is 0.000000170. The highest BCUT2D eigenvalue weighted by Crippen LogP contribution is 2.33. The Bertz CT molecular complexity index is 3190. The molecule has 0 saturated carbocycles. The average Bonchev–Trinajstić information content (AvgIpc) is 4.12. The molecule has 68 heavy (non-hydrogen) atoms. The van der Waals surface area contributed by atoms with Gasteiger partial charge in [-0.2, -0.15) is 36.5 Å². The van der Waals surface area contributed by atoms with Crippen molar-refractivity contribution in [1.82, 2.24) is 38.5 Å². The summed E-state index contributed by atoms with van der Waals surface area (Å²) in [6.07, 6.45) is -1.13. The number of aromatic nitrogens is 6. The molecule has 2 aliphatic rings. The van der Waals surface area contributed by atoms with Gasteiger partial charge in [-0.25, -0.2) is 0 Å². The minimum atomic E-state index is -4.40. The van der Waals surface area contributed by atoms with Gasteiger partial charge in [0.05, 0.1) is 66.5 Å². The molecule has 6 heterocycles. The molecule has 2 aliphatic heterocycles. The van der Waals surface area contributed by atoms with Crippen LogP contribution in [0.4, 0.5) is 26.3 Å². The molecular formula is C50H46F6N8O4.